The third-order valence-corrected chi connectivity index (χ3v) is 4.31. The Kier molecular flexibility index (Phi) is 3.28. The number of nitrogen functional groups attached to an aromatic ring is 1. The van der Waals surface area contributed by atoms with E-state index in [2.05, 4.69) is 18.1 Å². The predicted molar refractivity (Wildman–Crippen MR) is 80.6 cm³/mol. The molecule has 3 nitrogen and oxygen atoms in total. The van der Waals surface area contributed by atoms with E-state index in [0.29, 0.717) is 5.69 Å². The average molecular weight is 287 g/mol. The molecule has 0 saturated heterocycles. The summed E-state index contributed by atoms with van der Waals surface area (Å²) in [5, 5.41) is 4.51. The molecule has 3 rings (SSSR count). The summed E-state index contributed by atoms with van der Waals surface area (Å²) in [5.74, 6) is -0.264. The minimum atomic E-state index is -0.264. The van der Waals surface area contributed by atoms with E-state index in [0.717, 1.165) is 22.7 Å². The van der Waals surface area contributed by atoms with Gasteiger partial charge >= 0.3 is 0 Å². The van der Waals surface area contributed by atoms with E-state index in [4.69, 9.17) is 5.73 Å². The molecule has 20 heavy (non-hydrogen) atoms. The summed E-state index contributed by atoms with van der Waals surface area (Å²) >= 11 is 1.70. The van der Waals surface area contributed by atoms with E-state index in [1.54, 1.807) is 34.3 Å². The van der Waals surface area contributed by atoms with Crippen LogP contribution >= 0.6 is 11.3 Å². The number of rotatable bonds is 3. The van der Waals surface area contributed by atoms with E-state index in [1.165, 1.54) is 17.0 Å². The fourth-order valence-electron chi connectivity index (χ4n) is 2.00. The largest absolute Gasteiger partial charge is 0.396 e. The summed E-state index contributed by atoms with van der Waals surface area (Å²) in [5.41, 5.74) is 8.23. The molecule has 102 valence electrons. The predicted octanol–water partition coefficient (Wildman–Crippen LogP) is 3.88. The van der Waals surface area contributed by atoms with Crippen LogP contribution in [0.25, 0.3) is 16.3 Å². The zero-order chi connectivity index (χ0) is 14.1. The molecule has 0 saturated carbocycles. The first kappa shape index (κ1) is 12.9. The first-order valence-corrected chi connectivity index (χ1v) is 7.19. The highest BCUT2D eigenvalue weighted by Gasteiger charge is 2.11. The van der Waals surface area contributed by atoms with Gasteiger partial charge in [-0.3, -0.25) is 0 Å². The highest BCUT2D eigenvalue weighted by atomic mass is 32.1. The lowest BCUT2D eigenvalue weighted by Gasteiger charge is -1.99. The van der Waals surface area contributed by atoms with Gasteiger partial charge < -0.3 is 5.73 Å². The first-order chi connectivity index (χ1) is 9.67. The molecule has 0 amide bonds. The van der Waals surface area contributed by atoms with E-state index in [9.17, 15) is 4.39 Å². The summed E-state index contributed by atoms with van der Waals surface area (Å²) in [4.78, 5) is 2.36. The van der Waals surface area contributed by atoms with Gasteiger partial charge in [-0.2, -0.15) is 5.10 Å². The van der Waals surface area contributed by atoms with E-state index in [-0.39, 0.29) is 5.82 Å². The smallest absolute Gasteiger partial charge is 0.126 e. The number of halogens is 1. The lowest BCUT2D eigenvalue weighted by atomic mass is 10.3. The Morgan fingerprint density at radius 2 is 1.95 bits per heavy atom. The number of aryl methyl sites for hydroxylation is 1. The SMILES string of the molecule is CCc1ccc(-c2nn(-c3ccc(F)cc3)cc2N)s1. The number of hydrogen-bond donors (Lipinski definition) is 1. The van der Waals surface area contributed by atoms with Crippen molar-refractivity contribution in [1.29, 1.82) is 0 Å². The standard InChI is InChI=1S/C15H14FN3S/c1-2-12-7-8-14(20-12)15-13(17)9-19(18-15)11-5-3-10(16)4-6-11/h3-9H,2,17H2,1H3. The van der Waals surface area contributed by atoms with Crippen LogP contribution in [0.15, 0.2) is 42.6 Å². The number of thiophene rings is 1. The number of benzene rings is 1. The molecule has 0 radical (unpaired) electrons. The third-order valence-electron chi connectivity index (χ3n) is 3.08. The molecule has 2 N–H and O–H groups in total. The second-order valence-corrected chi connectivity index (χ2v) is 5.64. The van der Waals surface area contributed by atoms with Crippen molar-refractivity contribution < 1.29 is 4.39 Å². The Balaban J connectivity index is 2.00. The molecule has 1 aromatic carbocycles. The number of nitrogens with zero attached hydrogens (tertiary/aromatic N) is 2. The number of anilines is 1. The van der Waals surface area contributed by atoms with Crippen molar-refractivity contribution in [2.75, 3.05) is 5.73 Å². The molecule has 3 aromatic rings. The van der Waals surface area contributed by atoms with Crippen LogP contribution < -0.4 is 5.73 Å². The van der Waals surface area contributed by atoms with Crippen molar-refractivity contribution in [3.05, 3.63) is 53.3 Å². The van der Waals surface area contributed by atoms with Gasteiger partial charge in [0.1, 0.15) is 11.5 Å². The van der Waals surface area contributed by atoms with Crippen LogP contribution in [0.1, 0.15) is 11.8 Å². The number of nitrogens with two attached hydrogens (primary N) is 1. The summed E-state index contributed by atoms with van der Waals surface area (Å²) < 4.78 is 14.6. The maximum atomic E-state index is 12.9. The van der Waals surface area contributed by atoms with Crippen LogP contribution in [-0.2, 0) is 6.42 Å². The third kappa shape index (κ3) is 2.32. The van der Waals surface area contributed by atoms with Crippen molar-refractivity contribution in [1.82, 2.24) is 9.78 Å². The van der Waals surface area contributed by atoms with Gasteiger partial charge in [0.15, 0.2) is 0 Å². The number of hydrogen-bond acceptors (Lipinski definition) is 3. The summed E-state index contributed by atoms with van der Waals surface area (Å²) in [6.07, 6.45) is 2.76. The van der Waals surface area contributed by atoms with Crippen LogP contribution in [0.5, 0.6) is 0 Å². The zero-order valence-corrected chi connectivity index (χ0v) is 11.8. The summed E-state index contributed by atoms with van der Waals surface area (Å²) in [6, 6.07) is 10.3. The normalized spacial score (nSPS) is 10.9. The second-order valence-electron chi connectivity index (χ2n) is 4.47. The Hall–Kier alpha value is -2.14. The maximum Gasteiger partial charge on any atom is 0.126 e. The monoisotopic (exact) mass is 287 g/mol. The second kappa shape index (κ2) is 5.09. The molecule has 0 bridgehead atoms. The van der Waals surface area contributed by atoms with Gasteiger partial charge in [-0.25, -0.2) is 9.07 Å². The van der Waals surface area contributed by atoms with Crippen molar-refractivity contribution in [3.63, 3.8) is 0 Å². The summed E-state index contributed by atoms with van der Waals surface area (Å²) in [6.45, 7) is 2.12. The lowest BCUT2D eigenvalue weighted by molar-refractivity contribution is 0.627. The molecule has 0 fully saturated rings. The summed E-state index contributed by atoms with van der Waals surface area (Å²) in [7, 11) is 0. The Morgan fingerprint density at radius 3 is 2.60 bits per heavy atom. The Labute approximate surface area is 120 Å². The molecule has 0 aliphatic heterocycles. The fourth-order valence-corrected chi connectivity index (χ4v) is 2.95. The van der Waals surface area contributed by atoms with Crippen molar-refractivity contribution >= 4 is 17.0 Å². The van der Waals surface area contributed by atoms with E-state index in [1.807, 2.05) is 6.07 Å². The Morgan fingerprint density at radius 1 is 1.20 bits per heavy atom. The molecule has 0 unspecified atom stereocenters. The highest BCUT2D eigenvalue weighted by Crippen LogP contribution is 2.31. The van der Waals surface area contributed by atoms with Crippen molar-refractivity contribution in [2.45, 2.75) is 13.3 Å². The van der Waals surface area contributed by atoms with Gasteiger partial charge in [-0.15, -0.1) is 11.3 Å². The minimum absolute atomic E-state index is 0.264. The highest BCUT2D eigenvalue weighted by molar-refractivity contribution is 7.15. The minimum Gasteiger partial charge on any atom is -0.396 e. The van der Waals surface area contributed by atoms with Crippen LogP contribution in [0.4, 0.5) is 10.1 Å². The van der Waals surface area contributed by atoms with E-state index < -0.39 is 0 Å². The molecule has 0 aliphatic rings. The Bertz CT molecular complexity index is 728. The topological polar surface area (TPSA) is 43.8 Å². The lowest BCUT2D eigenvalue weighted by Crippen LogP contribution is -1.94. The van der Waals surface area contributed by atoms with Gasteiger partial charge in [0.25, 0.3) is 0 Å². The van der Waals surface area contributed by atoms with Crippen LogP contribution in [0, 0.1) is 5.82 Å². The van der Waals surface area contributed by atoms with E-state index >= 15 is 0 Å². The van der Waals surface area contributed by atoms with Crippen LogP contribution in [0.3, 0.4) is 0 Å². The van der Waals surface area contributed by atoms with Gasteiger partial charge in [0, 0.05) is 4.88 Å². The average Bonchev–Trinajstić information content (AvgIpc) is 3.05. The van der Waals surface area contributed by atoms with Gasteiger partial charge in [0.05, 0.1) is 22.4 Å². The molecule has 5 heteroatoms. The zero-order valence-electron chi connectivity index (χ0n) is 11.0. The molecular formula is C15H14FN3S. The molecule has 0 spiro atoms. The molecule has 2 aromatic heterocycles. The van der Waals surface area contributed by atoms with Gasteiger partial charge in [-0.05, 0) is 42.8 Å². The van der Waals surface area contributed by atoms with Gasteiger partial charge in [0.2, 0.25) is 0 Å². The molecule has 0 aliphatic carbocycles. The fraction of sp³-hybridized carbons (Fsp3) is 0.133. The first-order valence-electron chi connectivity index (χ1n) is 6.37. The van der Waals surface area contributed by atoms with Crippen molar-refractivity contribution in [2.24, 2.45) is 0 Å². The quantitative estimate of drug-likeness (QED) is 0.794. The van der Waals surface area contributed by atoms with Crippen molar-refractivity contribution in [3.8, 4) is 16.3 Å². The number of aromatic nitrogens is 2. The van der Waals surface area contributed by atoms with Crippen LogP contribution in [0.2, 0.25) is 0 Å². The molecule has 0 atom stereocenters. The molecule has 2 heterocycles. The van der Waals surface area contributed by atoms with Gasteiger partial charge in [-0.1, -0.05) is 6.92 Å². The van der Waals surface area contributed by atoms with Crippen LogP contribution in [-0.4, -0.2) is 9.78 Å². The molecular weight excluding hydrogens is 273 g/mol. The maximum absolute atomic E-state index is 12.9.